The van der Waals surface area contributed by atoms with Crippen molar-refractivity contribution >= 4 is 22.6 Å². The summed E-state index contributed by atoms with van der Waals surface area (Å²) in [5.41, 5.74) is 5.01. The molecule has 0 saturated carbocycles. The van der Waals surface area contributed by atoms with Gasteiger partial charge in [0.1, 0.15) is 11.6 Å². The fourth-order valence-electron chi connectivity index (χ4n) is 3.73. The van der Waals surface area contributed by atoms with E-state index in [0.29, 0.717) is 12.1 Å². The number of hydrogen-bond donors (Lipinski definition) is 0. The minimum atomic E-state index is -0.240. The highest BCUT2D eigenvalue weighted by atomic mass is 19.1. The quantitative estimate of drug-likeness (QED) is 0.675. The number of amides is 1. The first kappa shape index (κ1) is 15.8. The molecule has 1 aliphatic rings. The zero-order valence-corrected chi connectivity index (χ0v) is 14.6. The molecule has 0 N–H and O–H groups in total. The van der Waals surface area contributed by atoms with Gasteiger partial charge in [-0.3, -0.25) is 4.79 Å². The summed E-state index contributed by atoms with van der Waals surface area (Å²) in [5, 5.41) is 0. The number of benzene rings is 2. The Labute approximate surface area is 145 Å². The van der Waals surface area contributed by atoms with Crippen LogP contribution in [0.5, 0.6) is 0 Å². The van der Waals surface area contributed by atoms with E-state index in [4.69, 9.17) is 0 Å². The number of nitrogens with zero attached hydrogens (tertiary/aromatic N) is 3. The van der Waals surface area contributed by atoms with Gasteiger partial charge in [-0.2, -0.15) is 0 Å². The van der Waals surface area contributed by atoms with Crippen LogP contribution in [0, 0.1) is 19.7 Å². The van der Waals surface area contributed by atoms with Crippen molar-refractivity contribution in [2.75, 3.05) is 11.4 Å². The van der Waals surface area contributed by atoms with E-state index in [1.807, 2.05) is 43.7 Å². The van der Waals surface area contributed by atoms with Crippen molar-refractivity contribution in [3.8, 4) is 0 Å². The molecule has 1 aliphatic heterocycles. The zero-order chi connectivity index (χ0) is 17.7. The van der Waals surface area contributed by atoms with Gasteiger partial charge in [0.25, 0.3) is 5.91 Å². The molecule has 1 aromatic heterocycles. The Balaban J connectivity index is 1.78. The molecule has 1 amide bonds. The standard InChI is InChI=1S/C20H20FN3O/c1-12-9-16(21)10-14-5-4-8-24(19(12)14)20(25)15-6-7-18-17(11-15)22-13(2)23(18)3/h6-7,9-11H,4-5,8H2,1-3H3. The van der Waals surface area contributed by atoms with Crippen molar-refractivity contribution in [3.05, 3.63) is 58.7 Å². The summed E-state index contributed by atoms with van der Waals surface area (Å²) >= 11 is 0. The number of hydrogen-bond acceptors (Lipinski definition) is 2. The lowest BCUT2D eigenvalue weighted by molar-refractivity contribution is 0.0985. The number of carbonyl (C=O) groups is 1. The first-order valence-corrected chi connectivity index (χ1v) is 8.49. The van der Waals surface area contributed by atoms with Gasteiger partial charge in [-0.1, -0.05) is 0 Å². The molecule has 4 nitrogen and oxygen atoms in total. The van der Waals surface area contributed by atoms with Gasteiger partial charge in [-0.05, 0) is 68.1 Å². The molecule has 0 bridgehead atoms. The van der Waals surface area contributed by atoms with E-state index < -0.39 is 0 Å². The van der Waals surface area contributed by atoms with Gasteiger partial charge in [0, 0.05) is 19.2 Å². The van der Waals surface area contributed by atoms with Crippen LogP contribution in [0.1, 0.15) is 33.7 Å². The SMILES string of the molecule is Cc1cc(F)cc2c1N(C(=O)c1ccc3c(c1)nc(C)n3C)CCC2. The largest absolute Gasteiger partial charge is 0.331 e. The van der Waals surface area contributed by atoms with E-state index in [1.54, 1.807) is 11.0 Å². The number of aryl methyl sites for hydroxylation is 4. The number of halogens is 1. The fraction of sp³-hybridized carbons (Fsp3) is 0.300. The van der Waals surface area contributed by atoms with E-state index in [-0.39, 0.29) is 11.7 Å². The average molecular weight is 337 g/mol. The second-order valence-electron chi connectivity index (χ2n) is 6.71. The lowest BCUT2D eigenvalue weighted by atomic mass is 9.97. The predicted octanol–water partition coefficient (Wildman–Crippen LogP) is 3.92. The topological polar surface area (TPSA) is 38.1 Å². The third-order valence-corrected chi connectivity index (χ3v) is 5.04. The van der Waals surface area contributed by atoms with Crippen LogP contribution in [0.2, 0.25) is 0 Å². The molecule has 4 rings (SSSR count). The predicted molar refractivity (Wildman–Crippen MR) is 96.6 cm³/mol. The van der Waals surface area contributed by atoms with Crippen LogP contribution in [-0.2, 0) is 13.5 Å². The van der Waals surface area contributed by atoms with Crippen LogP contribution in [-0.4, -0.2) is 22.0 Å². The first-order chi connectivity index (χ1) is 12.0. The molecule has 0 atom stereocenters. The van der Waals surface area contributed by atoms with Crippen LogP contribution < -0.4 is 4.90 Å². The summed E-state index contributed by atoms with van der Waals surface area (Å²) in [6.45, 7) is 4.46. The van der Waals surface area contributed by atoms with Gasteiger partial charge in [0.05, 0.1) is 16.7 Å². The molecule has 0 unspecified atom stereocenters. The van der Waals surface area contributed by atoms with Crippen molar-refractivity contribution < 1.29 is 9.18 Å². The lowest BCUT2D eigenvalue weighted by Gasteiger charge is -2.31. The molecule has 0 fully saturated rings. The number of fused-ring (bicyclic) bond motifs is 2. The Kier molecular flexibility index (Phi) is 3.60. The molecule has 25 heavy (non-hydrogen) atoms. The third kappa shape index (κ3) is 2.51. The van der Waals surface area contributed by atoms with Crippen LogP contribution in [0.4, 0.5) is 10.1 Å². The van der Waals surface area contributed by atoms with Gasteiger partial charge < -0.3 is 9.47 Å². The summed E-state index contributed by atoms with van der Waals surface area (Å²) in [6, 6.07) is 8.67. The monoisotopic (exact) mass is 337 g/mol. The Morgan fingerprint density at radius 1 is 1.20 bits per heavy atom. The Morgan fingerprint density at radius 2 is 2.00 bits per heavy atom. The Hall–Kier alpha value is -2.69. The second-order valence-corrected chi connectivity index (χ2v) is 6.71. The molecule has 5 heteroatoms. The number of anilines is 1. The van der Waals surface area contributed by atoms with Crippen molar-refractivity contribution in [1.29, 1.82) is 0 Å². The summed E-state index contributed by atoms with van der Waals surface area (Å²) in [4.78, 5) is 19.4. The van der Waals surface area contributed by atoms with Crippen molar-refractivity contribution in [2.45, 2.75) is 26.7 Å². The molecule has 2 aromatic carbocycles. The Bertz CT molecular complexity index is 1010. The molecule has 2 heterocycles. The molecule has 3 aromatic rings. The highest BCUT2D eigenvalue weighted by Crippen LogP contribution is 2.33. The van der Waals surface area contributed by atoms with E-state index in [1.165, 1.54) is 6.07 Å². The maximum atomic E-state index is 13.7. The smallest absolute Gasteiger partial charge is 0.258 e. The second kappa shape index (κ2) is 5.69. The van der Waals surface area contributed by atoms with Crippen LogP contribution >= 0.6 is 0 Å². The van der Waals surface area contributed by atoms with Gasteiger partial charge >= 0.3 is 0 Å². The maximum absolute atomic E-state index is 13.7. The third-order valence-electron chi connectivity index (χ3n) is 5.04. The average Bonchev–Trinajstić information content (AvgIpc) is 2.87. The normalized spacial score (nSPS) is 14.0. The van der Waals surface area contributed by atoms with Crippen LogP contribution in [0.25, 0.3) is 11.0 Å². The molecule has 0 saturated heterocycles. The minimum Gasteiger partial charge on any atom is -0.331 e. The molecular weight excluding hydrogens is 317 g/mol. The minimum absolute atomic E-state index is 0.0548. The van der Waals surface area contributed by atoms with Crippen LogP contribution in [0.15, 0.2) is 30.3 Å². The molecule has 0 radical (unpaired) electrons. The van der Waals surface area contributed by atoms with Crippen molar-refractivity contribution in [1.82, 2.24) is 9.55 Å². The molecule has 0 aliphatic carbocycles. The van der Waals surface area contributed by atoms with E-state index in [2.05, 4.69) is 4.98 Å². The Morgan fingerprint density at radius 3 is 2.80 bits per heavy atom. The number of imidazole rings is 1. The van der Waals surface area contributed by atoms with Crippen molar-refractivity contribution in [2.24, 2.45) is 7.05 Å². The maximum Gasteiger partial charge on any atom is 0.258 e. The zero-order valence-electron chi connectivity index (χ0n) is 14.6. The summed E-state index contributed by atoms with van der Waals surface area (Å²) in [5.74, 6) is 0.617. The van der Waals surface area contributed by atoms with E-state index in [0.717, 1.165) is 46.5 Å². The van der Waals surface area contributed by atoms with E-state index in [9.17, 15) is 9.18 Å². The summed E-state index contributed by atoms with van der Waals surface area (Å²) < 4.78 is 15.7. The van der Waals surface area contributed by atoms with Gasteiger partial charge in [-0.25, -0.2) is 9.37 Å². The summed E-state index contributed by atoms with van der Waals surface area (Å²) in [6.07, 6.45) is 1.64. The van der Waals surface area contributed by atoms with Crippen molar-refractivity contribution in [3.63, 3.8) is 0 Å². The van der Waals surface area contributed by atoms with Crippen LogP contribution in [0.3, 0.4) is 0 Å². The lowest BCUT2D eigenvalue weighted by Crippen LogP contribution is -2.36. The van der Waals surface area contributed by atoms with Gasteiger partial charge in [-0.15, -0.1) is 0 Å². The first-order valence-electron chi connectivity index (χ1n) is 8.49. The summed E-state index contributed by atoms with van der Waals surface area (Å²) in [7, 11) is 1.96. The number of rotatable bonds is 1. The fourth-order valence-corrected chi connectivity index (χ4v) is 3.73. The molecular formula is C20H20FN3O. The highest BCUT2D eigenvalue weighted by Gasteiger charge is 2.26. The van der Waals surface area contributed by atoms with Gasteiger partial charge in [0.2, 0.25) is 0 Å². The number of aromatic nitrogens is 2. The van der Waals surface area contributed by atoms with E-state index >= 15 is 0 Å². The highest BCUT2D eigenvalue weighted by molar-refractivity contribution is 6.08. The van der Waals surface area contributed by atoms with Gasteiger partial charge in [0.15, 0.2) is 0 Å². The molecule has 0 spiro atoms. The number of carbonyl (C=O) groups excluding carboxylic acids is 1. The molecule has 128 valence electrons.